The van der Waals surface area contributed by atoms with Gasteiger partial charge in [0, 0.05) is 26.2 Å². The third-order valence-corrected chi connectivity index (χ3v) is 6.27. The number of nitrogens with zero attached hydrogens (tertiary/aromatic N) is 3. The van der Waals surface area contributed by atoms with E-state index in [-0.39, 0.29) is 31.0 Å². The van der Waals surface area contributed by atoms with Gasteiger partial charge in [-0.15, -0.1) is 0 Å². The van der Waals surface area contributed by atoms with Gasteiger partial charge in [0.1, 0.15) is 0 Å². The average Bonchev–Trinajstić information content (AvgIpc) is 2.67. The summed E-state index contributed by atoms with van der Waals surface area (Å²) >= 11 is 0. The van der Waals surface area contributed by atoms with E-state index >= 15 is 0 Å². The molecule has 0 radical (unpaired) electrons. The van der Waals surface area contributed by atoms with Crippen molar-refractivity contribution in [1.82, 2.24) is 14.7 Å². The summed E-state index contributed by atoms with van der Waals surface area (Å²) in [7, 11) is 0. The van der Waals surface area contributed by atoms with Crippen molar-refractivity contribution in [2.24, 2.45) is 17.3 Å². The van der Waals surface area contributed by atoms with Crippen molar-refractivity contribution < 1.29 is 39.6 Å². The van der Waals surface area contributed by atoms with E-state index in [0.717, 1.165) is 6.42 Å². The number of aliphatic carboxylic acids is 4. The first kappa shape index (κ1) is 29.8. The van der Waals surface area contributed by atoms with Gasteiger partial charge in [-0.2, -0.15) is 0 Å². The van der Waals surface area contributed by atoms with Crippen molar-refractivity contribution in [3.05, 3.63) is 0 Å². The summed E-state index contributed by atoms with van der Waals surface area (Å²) in [6.45, 7) is 7.55. The lowest BCUT2D eigenvalue weighted by molar-refractivity contribution is -0.145. The van der Waals surface area contributed by atoms with E-state index < -0.39 is 29.8 Å². The summed E-state index contributed by atoms with van der Waals surface area (Å²) < 4.78 is 0. The van der Waals surface area contributed by atoms with Crippen LogP contribution in [-0.2, 0) is 19.2 Å². The molecule has 1 unspecified atom stereocenters. The van der Waals surface area contributed by atoms with E-state index in [1.165, 1.54) is 0 Å². The number of carboxylic acids is 4. The predicted octanol–water partition coefficient (Wildman–Crippen LogP) is 1.08. The standard InChI is InChI=1S/C23H41N3O8/c1-23(2,3)7-4-18(22(33)34)17-5-8-24(14-19(27)28)10-12-26(16-21(31)32)13-11-25(9-6-17)15-20(29)30/h17-18H,4-16H2,1-3H3,(H,27,28)(H,29,30)(H,31,32)(H,33,34). The Morgan fingerprint density at radius 1 is 0.706 bits per heavy atom. The monoisotopic (exact) mass is 487 g/mol. The second kappa shape index (κ2) is 14.2. The fraction of sp³-hybridized carbons (Fsp3) is 0.826. The van der Waals surface area contributed by atoms with Crippen molar-refractivity contribution in [2.75, 3.05) is 58.9 Å². The van der Waals surface area contributed by atoms with E-state index in [1.807, 2.05) is 0 Å². The zero-order chi connectivity index (χ0) is 25.9. The first-order valence-corrected chi connectivity index (χ1v) is 11.8. The van der Waals surface area contributed by atoms with Crippen molar-refractivity contribution in [1.29, 1.82) is 0 Å². The fourth-order valence-corrected chi connectivity index (χ4v) is 4.34. The highest BCUT2D eigenvalue weighted by atomic mass is 16.4. The Morgan fingerprint density at radius 2 is 1.06 bits per heavy atom. The highest BCUT2D eigenvalue weighted by Crippen LogP contribution is 2.31. The Bertz CT molecular complexity index is 662. The molecule has 1 aliphatic rings. The number of carbonyl (C=O) groups is 4. The lowest BCUT2D eigenvalue weighted by Crippen LogP contribution is -2.45. The molecule has 1 rings (SSSR count). The predicted molar refractivity (Wildman–Crippen MR) is 125 cm³/mol. The summed E-state index contributed by atoms with van der Waals surface area (Å²) in [5.74, 6) is -4.73. The van der Waals surface area contributed by atoms with Crippen LogP contribution in [0.3, 0.4) is 0 Å². The molecule has 0 aromatic rings. The summed E-state index contributed by atoms with van der Waals surface area (Å²) in [6.07, 6.45) is 2.15. The molecular weight excluding hydrogens is 446 g/mol. The van der Waals surface area contributed by atoms with Crippen LogP contribution in [0.4, 0.5) is 0 Å². The molecule has 196 valence electrons. The molecule has 1 aliphatic heterocycles. The van der Waals surface area contributed by atoms with Crippen LogP contribution in [0.15, 0.2) is 0 Å². The molecule has 11 nitrogen and oxygen atoms in total. The van der Waals surface area contributed by atoms with Gasteiger partial charge in [-0.1, -0.05) is 20.8 Å². The molecule has 0 saturated carbocycles. The molecule has 1 saturated heterocycles. The molecule has 0 amide bonds. The van der Waals surface area contributed by atoms with Crippen LogP contribution in [0, 0.1) is 17.3 Å². The number of hydrogen-bond donors (Lipinski definition) is 4. The Hall–Kier alpha value is -2.24. The third-order valence-electron chi connectivity index (χ3n) is 6.27. The van der Waals surface area contributed by atoms with Crippen molar-refractivity contribution in [2.45, 2.75) is 46.5 Å². The average molecular weight is 488 g/mol. The molecule has 1 atom stereocenters. The molecular formula is C23H41N3O8. The minimum absolute atomic E-state index is 0.0304. The van der Waals surface area contributed by atoms with Crippen LogP contribution in [-0.4, -0.2) is 118 Å². The molecule has 0 aromatic heterocycles. The van der Waals surface area contributed by atoms with E-state index in [4.69, 9.17) is 0 Å². The second-order valence-corrected chi connectivity index (χ2v) is 10.4. The number of carboxylic acid groups (broad SMARTS) is 4. The Morgan fingerprint density at radius 3 is 1.35 bits per heavy atom. The van der Waals surface area contributed by atoms with Gasteiger partial charge >= 0.3 is 23.9 Å². The molecule has 0 spiro atoms. The van der Waals surface area contributed by atoms with Gasteiger partial charge in [0.05, 0.1) is 25.6 Å². The van der Waals surface area contributed by atoms with Gasteiger partial charge in [-0.3, -0.25) is 33.9 Å². The topological polar surface area (TPSA) is 159 Å². The van der Waals surface area contributed by atoms with Crippen LogP contribution < -0.4 is 0 Å². The molecule has 34 heavy (non-hydrogen) atoms. The van der Waals surface area contributed by atoms with Gasteiger partial charge < -0.3 is 20.4 Å². The third kappa shape index (κ3) is 12.9. The maximum absolute atomic E-state index is 12.2. The quantitative estimate of drug-likeness (QED) is 0.349. The van der Waals surface area contributed by atoms with Gasteiger partial charge in [0.2, 0.25) is 0 Å². The number of hydrogen-bond acceptors (Lipinski definition) is 7. The Balaban J connectivity index is 3.13. The smallest absolute Gasteiger partial charge is 0.317 e. The van der Waals surface area contributed by atoms with Gasteiger partial charge in [0.25, 0.3) is 0 Å². The highest BCUT2D eigenvalue weighted by molar-refractivity contribution is 5.71. The van der Waals surface area contributed by atoms with Gasteiger partial charge in [-0.05, 0) is 50.1 Å². The molecule has 1 fully saturated rings. The van der Waals surface area contributed by atoms with Gasteiger partial charge in [-0.25, -0.2) is 0 Å². The molecule has 0 aliphatic carbocycles. The lowest BCUT2D eigenvalue weighted by Gasteiger charge is -2.33. The largest absolute Gasteiger partial charge is 0.481 e. The molecule has 0 bridgehead atoms. The Kier molecular flexibility index (Phi) is 12.5. The van der Waals surface area contributed by atoms with Crippen molar-refractivity contribution in [3.63, 3.8) is 0 Å². The van der Waals surface area contributed by atoms with Crippen LogP contribution >= 0.6 is 0 Å². The van der Waals surface area contributed by atoms with Crippen LogP contribution in [0.5, 0.6) is 0 Å². The van der Waals surface area contributed by atoms with E-state index in [1.54, 1.807) is 14.7 Å². The highest BCUT2D eigenvalue weighted by Gasteiger charge is 2.31. The van der Waals surface area contributed by atoms with E-state index in [9.17, 15) is 39.6 Å². The summed E-state index contributed by atoms with van der Waals surface area (Å²) in [5, 5.41) is 37.8. The molecule has 4 N–H and O–H groups in total. The van der Waals surface area contributed by atoms with E-state index in [2.05, 4.69) is 20.8 Å². The van der Waals surface area contributed by atoms with Crippen molar-refractivity contribution in [3.8, 4) is 0 Å². The first-order chi connectivity index (χ1) is 15.8. The fourth-order valence-electron chi connectivity index (χ4n) is 4.34. The zero-order valence-corrected chi connectivity index (χ0v) is 20.6. The molecule has 0 aromatic carbocycles. The lowest BCUT2D eigenvalue weighted by atomic mass is 9.79. The summed E-state index contributed by atoms with van der Waals surface area (Å²) in [4.78, 5) is 51.3. The molecule has 1 heterocycles. The zero-order valence-electron chi connectivity index (χ0n) is 20.6. The van der Waals surface area contributed by atoms with Crippen LogP contribution in [0.2, 0.25) is 0 Å². The molecule has 11 heteroatoms. The van der Waals surface area contributed by atoms with Gasteiger partial charge in [0.15, 0.2) is 0 Å². The normalized spacial score (nSPS) is 19.6. The minimum Gasteiger partial charge on any atom is -0.481 e. The summed E-state index contributed by atoms with van der Waals surface area (Å²) in [6, 6.07) is 0. The second-order valence-electron chi connectivity index (χ2n) is 10.4. The minimum atomic E-state index is -1.01. The summed E-state index contributed by atoms with van der Waals surface area (Å²) in [5.41, 5.74) is -0.0304. The van der Waals surface area contributed by atoms with E-state index in [0.29, 0.717) is 58.5 Å². The first-order valence-electron chi connectivity index (χ1n) is 11.8. The SMILES string of the molecule is CC(C)(C)CCC(C(=O)O)C1CCN(CC(=O)O)CCN(CC(=O)O)CCN(CC(=O)O)CC1. The van der Waals surface area contributed by atoms with Crippen molar-refractivity contribution >= 4 is 23.9 Å². The van der Waals surface area contributed by atoms with Crippen LogP contribution in [0.25, 0.3) is 0 Å². The maximum atomic E-state index is 12.2. The Labute approximate surface area is 201 Å². The maximum Gasteiger partial charge on any atom is 0.317 e. The van der Waals surface area contributed by atoms with Crippen LogP contribution in [0.1, 0.15) is 46.5 Å². The number of rotatable bonds is 10.